The number of nitrogens with zero attached hydrogens (tertiary/aromatic N) is 3. The highest BCUT2D eigenvalue weighted by Crippen LogP contribution is 2.25. The second kappa shape index (κ2) is 13.0. The quantitative estimate of drug-likeness (QED) is 0.338. The Labute approximate surface area is 184 Å². The first-order valence-corrected chi connectivity index (χ1v) is 9.83. The van der Waals surface area contributed by atoms with Gasteiger partial charge in [-0.3, -0.25) is 9.79 Å². The zero-order valence-electron chi connectivity index (χ0n) is 16.2. The van der Waals surface area contributed by atoms with Gasteiger partial charge in [-0.2, -0.15) is 0 Å². The summed E-state index contributed by atoms with van der Waals surface area (Å²) in [7, 11) is 0. The summed E-state index contributed by atoms with van der Waals surface area (Å²) in [6.45, 7) is 9.68. The van der Waals surface area contributed by atoms with Gasteiger partial charge in [-0.15, -0.1) is 24.0 Å². The van der Waals surface area contributed by atoms with Gasteiger partial charge in [0.1, 0.15) is 0 Å². The number of anilines is 1. The van der Waals surface area contributed by atoms with Crippen molar-refractivity contribution in [1.29, 1.82) is 0 Å². The molecule has 0 aliphatic carbocycles. The van der Waals surface area contributed by atoms with E-state index in [1.807, 2.05) is 25.1 Å². The Hall–Kier alpha value is -1.22. The Bertz CT molecular complexity index is 606. The number of halogens is 2. The summed E-state index contributed by atoms with van der Waals surface area (Å²) < 4.78 is 0. The van der Waals surface area contributed by atoms with Crippen LogP contribution >= 0.6 is 35.6 Å². The van der Waals surface area contributed by atoms with E-state index in [9.17, 15) is 4.79 Å². The highest BCUT2D eigenvalue weighted by atomic mass is 127. The summed E-state index contributed by atoms with van der Waals surface area (Å²) in [5, 5.41) is 7.01. The third-order valence-electron chi connectivity index (χ3n) is 4.28. The number of nitrogens with one attached hydrogen (secondary N) is 2. The highest BCUT2D eigenvalue weighted by molar-refractivity contribution is 14.0. The largest absolute Gasteiger partial charge is 0.367 e. The van der Waals surface area contributed by atoms with E-state index in [2.05, 4.69) is 38.4 Å². The average molecular weight is 508 g/mol. The summed E-state index contributed by atoms with van der Waals surface area (Å²) in [4.78, 5) is 20.9. The van der Waals surface area contributed by atoms with Crippen molar-refractivity contribution in [1.82, 2.24) is 15.5 Å². The lowest BCUT2D eigenvalue weighted by atomic mass is 10.2. The van der Waals surface area contributed by atoms with Gasteiger partial charge in [-0.05, 0) is 25.5 Å². The normalized spacial score (nSPS) is 14.6. The maximum Gasteiger partial charge on any atom is 0.221 e. The van der Waals surface area contributed by atoms with Crippen molar-refractivity contribution in [2.24, 2.45) is 4.99 Å². The molecule has 27 heavy (non-hydrogen) atoms. The Morgan fingerprint density at radius 2 is 1.85 bits per heavy atom. The number of aliphatic imine (C=N–C) groups is 1. The van der Waals surface area contributed by atoms with Gasteiger partial charge in [-0.25, -0.2) is 0 Å². The molecule has 0 spiro atoms. The first-order chi connectivity index (χ1) is 12.7. The lowest BCUT2D eigenvalue weighted by Gasteiger charge is -2.38. The smallest absolute Gasteiger partial charge is 0.221 e. The van der Waals surface area contributed by atoms with E-state index < -0.39 is 0 Å². The molecular weight excluding hydrogens is 477 g/mol. The molecule has 6 nitrogen and oxygen atoms in total. The first kappa shape index (κ1) is 23.8. The third-order valence-corrected chi connectivity index (χ3v) is 4.60. The Morgan fingerprint density at radius 1 is 1.15 bits per heavy atom. The fourth-order valence-electron chi connectivity index (χ4n) is 2.91. The van der Waals surface area contributed by atoms with Crippen LogP contribution in [0.5, 0.6) is 0 Å². The molecule has 2 N–H and O–H groups in total. The Morgan fingerprint density at radius 3 is 2.48 bits per heavy atom. The number of hydrogen-bond donors (Lipinski definition) is 2. The lowest BCUT2D eigenvalue weighted by molar-refractivity contribution is -0.120. The summed E-state index contributed by atoms with van der Waals surface area (Å²) in [6, 6.07) is 7.96. The number of guanidine groups is 1. The van der Waals surface area contributed by atoms with E-state index in [0.717, 1.165) is 62.4 Å². The van der Waals surface area contributed by atoms with Gasteiger partial charge in [0.05, 0.1) is 17.3 Å². The number of piperazine rings is 1. The molecule has 2 rings (SSSR count). The minimum Gasteiger partial charge on any atom is -0.367 e. The van der Waals surface area contributed by atoms with Crippen LogP contribution in [0.15, 0.2) is 29.3 Å². The van der Waals surface area contributed by atoms with Gasteiger partial charge in [0.15, 0.2) is 5.96 Å². The molecule has 8 heteroatoms. The standard InChI is InChI=1S/C19H30ClN5O.HI/c1-3-10-22-18(26)9-11-23-19(21-4-2)25-14-12-24(13-15-25)17-8-6-5-7-16(17)20;/h5-8H,3-4,9-15H2,1-2H3,(H,21,23)(H,22,26);1H. The fourth-order valence-corrected chi connectivity index (χ4v) is 3.16. The predicted molar refractivity (Wildman–Crippen MR) is 125 cm³/mol. The topological polar surface area (TPSA) is 60.0 Å². The van der Waals surface area contributed by atoms with E-state index in [-0.39, 0.29) is 29.9 Å². The van der Waals surface area contributed by atoms with Gasteiger partial charge < -0.3 is 20.4 Å². The number of hydrogen-bond acceptors (Lipinski definition) is 3. The SMILES string of the molecule is CCCNC(=O)CCN=C(NCC)N1CCN(c2ccccc2Cl)CC1.I. The van der Waals surface area contributed by atoms with Crippen LogP contribution in [-0.2, 0) is 4.79 Å². The molecular formula is C19H31ClIN5O. The van der Waals surface area contributed by atoms with Crippen molar-refractivity contribution in [3.8, 4) is 0 Å². The number of carbonyl (C=O) groups excluding carboxylic acids is 1. The van der Waals surface area contributed by atoms with Crippen LogP contribution in [-0.4, -0.2) is 62.6 Å². The number of amides is 1. The fraction of sp³-hybridized carbons (Fsp3) is 0.579. The van der Waals surface area contributed by atoms with Crippen molar-refractivity contribution in [2.45, 2.75) is 26.7 Å². The minimum absolute atomic E-state index is 0. The van der Waals surface area contributed by atoms with Crippen molar-refractivity contribution >= 4 is 53.1 Å². The van der Waals surface area contributed by atoms with E-state index in [1.54, 1.807) is 0 Å². The molecule has 152 valence electrons. The number of para-hydroxylation sites is 1. The molecule has 1 aliphatic heterocycles. The van der Waals surface area contributed by atoms with E-state index >= 15 is 0 Å². The predicted octanol–water partition coefficient (Wildman–Crippen LogP) is 2.96. The van der Waals surface area contributed by atoms with Crippen LogP contribution in [0.1, 0.15) is 26.7 Å². The monoisotopic (exact) mass is 507 g/mol. The van der Waals surface area contributed by atoms with Crippen LogP contribution < -0.4 is 15.5 Å². The second-order valence-electron chi connectivity index (χ2n) is 6.26. The first-order valence-electron chi connectivity index (χ1n) is 9.45. The minimum atomic E-state index is 0. The van der Waals surface area contributed by atoms with Crippen LogP contribution in [0, 0.1) is 0 Å². The van der Waals surface area contributed by atoms with Crippen molar-refractivity contribution in [2.75, 3.05) is 50.7 Å². The van der Waals surface area contributed by atoms with Gasteiger partial charge >= 0.3 is 0 Å². The van der Waals surface area contributed by atoms with Crippen LogP contribution in [0.2, 0.25) is 5.02 Å². The van der Waals surface area contributed by atoms with Gasteiger partial charge in [0.2, 0.25) is 5.91 Å². The third kappa shape index (κ3) is 7.73. The zero-order chi connectivity index (χ0) is 18.8. The molecule has 1 heterocycles. The molecule has 0 atom stereocenters. The van der Waals surface area contributed by atoms with E-state index in [4.69, 9.17) is 11.6 Å². The molecule has 1 aliphatic rings. The number of carbonyl (C=O) groups is 1. The Kier molecular flexibility index (Phi) is 11.5. The van der Waals surface area contributed by atoms with Crippen molar-refractivity contribution < 1.29 is 4.79 Å². The highest BCUT2D eigenvalue weighted by Gasteiger charge is 2.21. The summed E-state index contributed by atoms with van der Waals surface area (Å²) in [6.07, 6.45) is 1.38. The lowest BCUT2D eigenvalue weighted by Crippen LogP contribution is -2.52. The Balaban J connectivity index is 0.00000364. The summed E-state index contributed by atoms with van der Waals surface area (Å²) in [5.41, 5.74) is 1.09. The number of rotatable bonds is 7. The maximum atomic E-state index is 11.7. The summed E-state index contributed by atoms with van der Waals surface area (Å²) in [5.74, 6) is 0.949. The molecule has 0 unspecified atom stereocenters. The second-order valence-corrected chi connectivity index (χ2v) is 6.67. The molecule has 1 amide bonds. The van der Waals surface area contributed by atoms with E-state index in [1.165, 1.54) is 0 Å². The summed E-state index contributed by atoms with van der Waals surface area (Å²) >= 11 is 6.31. The van der Waals surface area contributed by atoms with E-state index in [0.29, 0.717) is 13.0 Å². The molecule has 0 radical (unpaired) electrons. The van der Waals surface area contributed by atoms with Crippen molar-refractivity contribution in [3.63, 3.8) is 0 Å². The average Bonchev–Trinajstić information content (AvgIpc) is 2.66. The molecule has 1 saturated heterocycles. The van der Waals surface area contributed by atoms with Crippen LogP contribution in [0.4, 0.5) is 5.69 Å². The van der Waals surface area contributed by atoms with Crippen LogP contribution in [0.25, 0.3) is 0 Å². The molecule has 0 saturated carbocycles. The molecule has 1 aromatic carbocycles. The van der Waals surface area contributed by atoms with Gasteiger partial charge in [0, 0.05) is 45.7 Å². The molecule has 1 fully saturated rings. The molecule has 1 aromatic rings. The van der Waals surface area contributed by atoms with Crippen molar-refractivity contribution in [3.05, 3.63) is 29.3 Å². The molecule has 0 aromatic heterocycles. The van der Waals surface area contributed by atoms with Crippen LogP contribution in [0.3, 0.4) is 0 Å². The number of benzene rings is 1. The maximum absolute atomic E-state index is 11.7. The zero-order valence-corrected chi connectivity index (χ0v) is 19.3. The molecule has 0 bridgehead atoms. The van der Waals surface area contributed by atoms with Gasteiger partial charge in [0.25, 0.3) is 0 Å². The van der Waals surface area contributed by atoms with Gasteiger partial charge in [-0.1, -0.05) is 30.7 Å².